The second-order valence-corrected chi connectivity index (χ2v) is 2.63. The van der Waals surface area contributed by atoms with Gasteiger partial charge in [0.1, 0.15) is 5.75 Å². The molecule has 0 amide bonds. The van der Waals surface area contributed by atoms with Crippen molar-refractivity contribution in [3.8, 4) is 5.75 Å². The lowest BCUT2D eigenvalue weighted by molar-refractivity contribution is 0.679. The minimum Gasteiger partial charge on any atom is -0.418 e. The molecule has 0 unspecified atom stereocenters. The Balaban J connectivity index is 2.67. The van der Waals surface area contributed by atoms with Crippen LogP contribution in [-0.4, -0.2) is 4.98 Å². The maximum atomic E-state index is 4.88. The summed E-state index contributed by atoms with van der Waals surface area (Å²) >= 11 is 2.92. The van der Waals surface area contributed by atoms with Crippen molar-refractivity contribution < 1.29 is 3.83 Å². The number of nitrogens with one attached hydrogen (secondary N) is 1. The Morgan fingerprint density at radius 1 is 1.27 bits per heavy atom. The van der Waals surface area contributed by atoms with Gasteiger partial charge in [0.2, 0.25) is 0 Å². The van der Waals surface area contributed by atoms with E-state index < -0.39 is 0 Å². The Labute approximate surface area is 72.6 Å². The Bertz CT molecular complexity index is 369. The Kier molecular flexibility index (Phi) is 1.58. The van der Waals surface area contributed by atoms with E-state index in [2.05, 4.69) is 21.2 Å². The van der Waals surface area contributed by atoms with Crippen molar-refractivity contribution in [1.29, 1.82) is 0 Å². The van der Waals surface area contributed by atoms with Crippen LogP contribution in [0, 0.1) is 0 Å². The number of fused-ring (bicyclic) bond motifs is 1. The van der Waals surface area contributed by atoms with Crippen LogP contribution in [0.5, 0.6) is 5.75 Å². The topological polar surface area (TPSA) is 25.0 Å². The lowest BCUT2D eigenvalue weighted by Crippen LogP contribution is -1.73. The van der Waals surface area contributed by atoms with Gasteiger partial charge in [0.25, 0.3) is 0 Å². The van der Waals surface area contributed by atoms with Gasteiger partial charge in [0.15, 0.2) is 16.3 Å². The fourth-order valence-corrected chi connectivity index (χ4v) is 1.28. The average molecular weight is 212 g/mol. The molecule has 0 fully saturated rings. The minimum absolute atomic E-state index is 0.806. The smallest absolute Gasteiger partial charge is 0.179 e. The van der Waals surface area contributed by atoms with E-state index in [1.165, 1.54) is 5.39 Å². The quantitative estimate of drug-likeness (QED) is 0.772. The average Bonchev–Trinajstić information content (AvgIpc) is 2.50. The van der Waals surface area contributed by atoms with Crippen LogP contribution in [0.2, 0.25) is 0 Å². The summed E-state index contributed by atoms with van der Waals surface area (Å²) in [5.41, 5.74) is 1.09. The zero-order valence-electron chi connectivity index (χ0n) is 5.67. The minimum atomic E-state index is 0.806. The lowest BCUT2D eigenvalue weighted by Gasteiger charge is -1.94. The summed E-state index contributed by atoms with van der Waals surface area (Å²) in [7, 11) is 0. The van der Waals surface area contributed by atoms with Crippen LogP contribution in [0.15, 0.2) is 30.5 Å². The summed E-state index contributed by atoms with van der Waals surface area (Å²) in [5, 5.41) is 1.19. The highest BCUT2D eigenvalue weighted by Crippen LogP contribution is 2.20. The zero-order valence-corrected chi connectivity index (χ0v) is 7.26. The maximum Gasteiger partial charge on any atom is 0.179 e. The molecule has 0 radical (unpaired) electrons. The van der Waals surface area contributed by atoms with Crippen LogP contribution in [0.3, 0.4) is 0 Å². The first kappa shape index (κ1) is 6.73. The first-order valence-corrected chi connectivity index (χ1v) is 3.90. The molecule has 56 valence electrons. The molecule has 11 heavy (non-hydrogen) atoms. The molecule has 1 aromatic heterocycles. The third kappa shape index (κ3) is 1.12. The molecule has 0 saturated heterocycles. The van der Waals surface area contributed by atoms with E-state index >= 15 is 0 Å². The maximum absolute atomic E-state index is 4.88. The standard InChI is InChI=1S/C8H6BrNO/c9-11-7-2-1-6-3-4-10-8(6)5-7/h1-5,10H. The highest BCUT2D eigenvalue weighted by atomic mass is 79.9. The van der Waals surface area contributed by atoms with Gasteiger partial charge in [-0.05, 0) is 23.6 Å². The number of aromatic nitrogens is 1. The van der Waals surface area contributed by atoms with Gasteiger partial charge in [-0.3, -0.25) is 0 Å². The number of benzene rings is 1. The van der Waals surface area contributed by atoms with Crippen molar-refractivity contribution in [2.45, 2.75) is 0 Å². The summed E-state index contributed by atoms with van der Waals surface area (Å²) in [6.45, 7) is 0. The molecule has 2 rings (SSSR count). The molecule has 1 aromatic carbocycles. The van der Waals surface area contributed by atoms with E-state index in [0.29, 0.717) is 0 Å². The summed E-state index contributed by atoms with van der Waals surface area (Å²) in [5.74, 6) is 0.806. The van der Waals surface area contributed by atoms with Crippen molar-refractivity contribution >= 4 is 27.2 Å². The van der Waals surface area contributed by atoms with Gasteiger partial charge in [0.05, 0.1) is 0 Å². The molecule has 0 aliphatic rings. The number of halogens is 1. The Morgan fingerprint density at radius 2 is 2.18 bits per heavy atom. The van der Waals surface area contributed by atoms with Gasteiger partial charge in [-0.25, -0.2) is 0 Å². The SMILES string of the molecule is BrOc1ccc2cc[nH]c2c1. The third-order valence-corrected chi connectivity index (χ3v) is 1.99. The molecular formula is C8H6BrNO. The molecule has 0 saturated carbocycles. The molecule has 1 N–H and O–H groups in total. The number of aromatic amines is 1. The first-order valence-electron chi connectivity index (χ1n) is 3.26. The van der Waals surface area contributed by atoms with E-state index in [4.69, 9.17) is 3.83 Å². The zero-order chi connectivity index (χ0) is 7.68. The van der Waals surface area contributed by atoms with E-state index in [1.807, 2.05) is 30.5 Å². The van der Waals surface area contributed by atoms with Gasteiger partial charge >= 0.3 is 0 Å². The van der Waals surface area contributed by atoms with E-state index in [0.717, 1.165) is 11.3 Å². The molecule has 2 aromatic rings. The van der Waals surface area contributed by atoms with Crippen molar-refractivity contribution in [3.05, 3.63) is 30.5 Å². The van der Waals surface area contributed by atoms with Gasteiger partial charge < -0.3 is 8.81 Å². The monoisotopic (exact) mass is 211 g/mol. The number of H-pyrrole nitrogens is 1. The fourth-order valence-electron chi connectivity index (χ4n) is 1.07. The van der Waals surface area contributed by atoms with Crippen LogP contribution in [-0.2, 0) is 0 Å². The molecule has 0 aliphatic carbocycles. The first-order chi connectivity index (χ1) is 5.40. The molecule has 3 heteroatoms. The summed E-state index contributed by atoms with van der Waals surface area (Å²) in [4.78, 5) is 3.09. The van der Waals surface area contributed by atoms with E-state index in [1.54, 1.807) is 0 Å². The summed E-state index contributed by atoms with van der Waals surface area (Å²) in [6.07, 6.45) is 1.91. The second-order valence-electron chi connectivity index (χ2n) is 2.30. The predicted molar refractivity (Wildman–Crippen MR) is 47.9 cm³/mol. The number of rotatable bonds is 1. The highest BCUT2D eigenvalue weighted by Gasteiger charge is 1.95. The molecule has 0 aliphatic heterocycles. The van der Waals surface area contributed by atoms with Crippen molar-refractivity contribution in [2.24, 2.45) is 0 Å². The molecule has 0 spiro atoms. The van der Waals surface area contributed by atoms with Gasteiger partial charge in [-0.2, -0.15) is 0 Å². The Morgan fingerprint density at radius 3 is 3.00 bits per heavy atom. The second kappa shape index (κ2) is 2.58. The summed E-state index contributed by atoms with van der Waals surface area (Å²) in [6, 6.07) is 7.87. The molecule has 0 atom stereocenters. The molecular weight excluding hydrogens is 206 g/mol. The number of hydrogen-bond acceptors (Lipinski definition) is 1. The van der Waals surface area contributed by atoms with E-state index in [-0.39, 0.29) is 0 Å². The lowest BCUT2D eigenvalue weighted by atomic mass is 10.2. The van der Waals surface area contributed by atoms with Crippen molar-refractivity contribution in [2.75, 3.05) is 0 Å². The van der Waals surface area contributed by atoms with Crippen LogP contribution in [0.1, 0.15) is 0 Å². The van der Waals surface area contributed by atoms with Crippen LogP contribution < -0.4 is 3.83 Å². The molecule has 0 bridgehead atoms. The van der Waals surface area contributed by atoms with E-state index in [9.17, 15) is 0 Å². The van der Waals surface area contributed by atoms with Crippen LogP contribution >= 0.6 is 16.3 Å². The third-order valence-electron chi connectivity index (χ3n) is 1.62. The van der Waals surface area contributed by atoms with Crippen LogP contribution in [0.25, 0.3) is 10.9 Å². The number of hydrogen-bond donors (Lipinski definition) is 1. The van der Waals surface area contributed by atoms with Gasteiger partial charge in [-0.1, -0.05) is 0 Å². The van der Waals surface area contributed by atoms with Crippen LogP contribution in [0.4, 0.5) is 0 Å². The van der Waals surface area contributed by atoms with Gasteiger partial charge in [0, 0.05) is 17.8 Å². The molecule has 2 nitrogen and oxygen atoms in total. The van der Waals surface area contributed by atoms with Crippen molar-refractivity contribution in [3.63, 3.8) is 0 Å². The van der Waals surface area contributed by atoms with Crippen molar-refractivity contribution in [1.82, 2.24) is 4.98 Å². The summed E-state index contributed by atoms with van der Waals surface area (Å²) < 4.78 is 4.88. The molecule has 1 heterocycles. The largest absolute Gasteiger partial charge is 0.418 e. The fraction of sp³-hybridized carbons (Fsp3) is 0. The highest BCUT2D eigenvalue weighted by molar-refractivity contribution is 9.06. The van der Waals surface area contributed by atoms with Gasteiger partial charge in [-0.15, -0.1) is 0 Å². The normalized spacial score (nSPS) is 10.3. The Hall–Kier alpha value is -0.960. The predicted octanol–water partition coefficient (Wildman–Crippen LogP) is 2.86.